The Morgan fingerprint density at radius 3 is 2.75 bits per heavy atom. The van der Waals surface area contributed by atoms with Gasteiger partial charge in [-0.2, -0.15) is 4.98 Å². The molecule has 16 heavy (non-hydrogen) atoms. The van der Waals surface area contributed by atoms with Gasteiger partial charge in [0.25, 0.3) is 5.88 Å². The van der Waals surface area contributed by atoms with Crippen LogP contribution in [-0.4, -0.2) is 12.1 Å². The minimum atomic E-state index is 0.266. The maximum atomic E-state index is 5.56. The van der Waals surface area contributed by atoms with Gasteiger partial charge in [0.2, 0.25) is 5.89 Å². The van der Waals surface area contributed by atoms with Crippen LogP contribution in [0.3, 0.4) is 0 Å². The number of hydrogen-bond donors (Lipinski definition) is 1. The number of rotatable bonds is 3. The van der Waals surface area contributed by atoms with Gasteiger partial charge in [-0.05, 0) is 12.5 Å². The van der Waals surface area contributed by atoms with Crippen LogP contribution in [0.2, 0.25) is 0 Å². The van der Waals surface area contributed by atoms with Gasteiger partial charge in [0, 0.05) is 5.56 Å². The summed E-state index contributed by atoms with van der Waals surface area (Å²) in [6.07, 6.45) is 0. The Labute approximate surface area is 94.1 Å². The predicted molar refractivity (Wildman–Crippen MR) is 61.1 cm³/mol. The third kappa shape index (κ3) is 1.79. The lowest BCUT2D eigenvalue weighted by Gasteiger charge is -2.02. The molecular formula is C12H14N2O2. The van der Waals surface area contributed by atoms with Crippen molar-refractivity contribution in [3.8, 4) is 17.2 Å². The van der Waals surface area contributed by atoms with Crippen molar-refractivity contribution in [1.29, 1.82) is 0 Å². The van der Waals surface area contributed by atoms with Crippen molar-refractivity contribution in [2.24, 2.45) is 5.73 Å². The number of nitrogens with zero attached hydrogens (tertiary/aromatic N) is 1. The second-order valence-electron chi connectivity index (χ2n) is 3.47. The Morgan fingerprint density at radius 2 is 2.12 bits per heavy atom. The van der Waals surface area contributed by atoms with Crippen LogP contribution in [0.5, 0.6) is 5.88 Å². The van der Waals surface area contributed by atoms with Gasteiger partial charge in [0.1, 0.15) is 0 Å². The molecule has 0 radical (unpaired) electrons. The summed E-state index contributed by atoms with van der Waals surface area (Å²) in [5.41, 5.74) is 7.58. The highest BCUT2D eigenvalue weighted by Crippen LogP contribution is 2.32. The average molecular weight is 218 g/mol. The van der Waals surface area contributed by atoms with Crippen molar-refractivity contribution in [2.75, 3.05) is 7.11 Å². The topological polar surface area (TPSA) is 61.3 Å². The Kier molecular flexibility index (Phi) is 2.92. The van der Waals surface area contributed by atoms with Crippen molar-refractivity contribution in [3.05, 3.63) is 35.7 Å². The number of hydrogen-bond acceptors (Lipinski definition) is 4. The van der Waals surface area contributed by atoms with Crippen LogP contribution in [0.1, 0.15) is 11.5 Å². The summed E-state index contributed by atoms with van der Waals surface area (Å²) < 4.78 is 10.7. The van der Waals surface area contributed by atoms with E-state index in [1.54, 1.807) is 7.11 Å². The zero-order valence-corrected chi connectivity index (χ0v) is 9.36. The fourth-order valence-corrected chi connectivity index (χ4v) is 1.57. The molecule has 4 heteroatoms. The first-order chi connectivity index (χ1) is 7.76. The molecule has 1 aromatic heterocycles. The highest BCUT2D eigenvalue weighted by molar-refractivity contribution is 5.66. The molecule has 0 aliphatic rings. The van der Waals surface area contributed by atoms with Crippen molar-refractivity contribution in [1.82, 2.24) is 4.98 Å². The van der Waals surface area contributed by atoms with Crippen LogP contribution >= 0.6 is 0 Å². The fourth-order valence-electron chi connectivity index (χ4n) is 1.57. The average Bonchev–Trinajstić information content (AvgIpc) is 2.72. The van der Waals surface area contributed by atoms with Crippen LogP contribution in [0, 0.1) is 6.92 Å². The molecule has 0 amide bonds. The maximum absolute atomic E-state index is 5.56. The Hall–Kier alpha value is -1.81. The van der Waals surface area contributed by atoms with Crippen LogP contribution in [0.15, 0.2) is 28.7 Å². The van der Waals surface area contributed by atoms with E-state index in [2.05, 4.69) is 4.98 Å². The molecule has 1 aromatic carbocycles. The first kappa shape index (κ1) is 10.7. The Balaban J connectivity index is 2.54. The molecular weight excluding hydrogens is 204 g/mol. The first-order valence-electron chi connectivity index (χ1n) is 5.06. The molecule has 2 rings (SSSR count). The van der Waals surface area contributed by atoms with E-state index in [9.17, 15) is 0 Å². The number of ether oxygens (including phenoxy) is 1. The molecule has 4 nitrogen and oxygen atoms in total. The molecule has 0 bridgehead atoms. The highest BCUT2D eigenvalue weighted by atomic mass is 16.5. The zero-order valence-electron chi connectivity index (χ0n) is 9.36. The second kappa shape index (κ2) is 4.37. The second-order valence-corrected chi connectivity index (χ2v) is 3.47. The summed E-state index contributed by atoms with van der Waals surface area (Å²) in [5.74, 6) is 1.60. The summed E-state index contributed by atoms with van der Waals surface area (Å²) >= 11 is 0. The molecule has 0 aliphatic heterocycles. The standard InChI is InChI=1S/C12H14N2O2/c1-8-5-3-4-6-9(8)11-12(15-2)14-10(7-13)16-11/h3-6H,7,13H2,1-2H3. The van der Waals surface area contributed by atoms with Crippen LogP contribution in [-0.2, 0) is 6.54 Å². The highest BCUT2D eigenvalue weighted by Gasteiger charge is 2.16. The van der Waals surface area contributed by atoms with Gasteiger partial charge in [-0.1, -0.05) is 24.3 Å². The third-order valence-corrected chi connectivity index (χ3v) is 2.40. The van der Waals surface area contributed by atoms with E-state index in [0.717, 1.165) is 11.1 Å². The SMILES string of the molecule is COc1nc(CN)oc1-c1ccccc1C. The minimum absolute atomic E-state index is 0.266. The monoisotopic (exact) mass is 218 g/mol. The number of nitrogens with two attached hydrogens (primary N) is 1. The van der Waals surface area contributed by atoms with Gasteiger partial charge < -0.3 is 14.9 Å². The predicted octanol–water partition coefficient (Wildman–Crippen LogP) is 2.12. The van der Waals surface area contributed by atoms with E-state index in [-0.39, 0.29) is 6.54 Å². The lowest BCUT2D eigenvalue weighted by atomic mass is 10.1. The first-order valence-corrected chi connectivity index (χ1v) is 5.06. The lowest BCUT2D eigenvalue weighted by Crippen LogP contribution is -1.95. The Morgan fingerprint density at radius 1 is 1.38 bits per heavy atom. The molecule has 2 aromatic rings. The minimum Gasteiger partial charge on any atom is -0.478 e. The van der Waals surface area contributed by atoms with Crippen molar-refractivity contribution in [3.63, 3.8) is 0 Å². The number of methoxy groups -OCH3 is 1. The zero-order chi connectivity index (χ0) is 11.5. The van der Waals surface area contributed by atoms with Gasteiger partial charge >= 0.3 is 0 Å². The maximum Gasteiger partial charge on any atom is 0.261 e. The number of aromatic nitrogens is 1. The van der Waals surface area contributed by atoms with E-state index in [1.165, 1.54) is 0 Å². The van der Waals surface area contributed by atoms with Gasteiger partial charge in [0.15, 0.2) is 5.76 Å². The van der Waals surface area contributed by atoms with Gasteiger partial charge in [-0.3, -0.25) is 0 Å². The quantitative estimate of drug-likeness (QED) is 0.857. The van der Waals surface area contributed by atoms with Crippen LogP contribution in [0.4, 0.5) is 0 Å². The number of oxazole rings is 1. The molecule has 0 unspecified atom stereocenters. The van der Waals surface area contributed by atoms with E-state index >= 15 is 0 Å². The van der Waals surface area contributed by atoms with E-state index in [4.69, 9.17) is 14.9 Å². The largest absolute Gasteiger partial charge is 0.478 e. The van der Waals surface area contributed by atoms with E-state index in [1.807, 2.05) is 31.2 Å². The normalized spacial score (nSPS) is 10.4. The van der Waals surface area contributed by atoms with Gasteiger partial charge in [0.05, 0.1) is 13.7 Å². The fraction of sp³-hybridized carbons (Fsp3) is 0.250. The summed E-state index contributed by atoms with van der Waals surface area (Å²) in [4.78, 5) is 4.15. The molecule has 0 atom stereocenters. The molecule has 0 saturated carbocycles. The van der Waals surface area contributed by atoms with Crippen molar-refractivity contribution < 1.29 is 9.15 Å². The van der Waals surface area contributed by atoms with Gasteiger partial charge in [-0.15, -0.1) is 0 Å². The van der Waals surface area contributed by atoms with E-state index in [0.29, 0.717) is 17.5 Å². The summed E-state index contributed by atoms with van der Waals surface area (Å²) in [6, 6.07) is 7.91. The van der Waals surface area contributed by atoms with Crippen molar-refractivity contribution in [2.45, 2.75) is 13.5 Å². The molecule has 1 heterocycles. The van der Waals surface area contributed by atoms with Crippen LogP contribution in [0.25, 0.3) is 11.3 Å². The molecule has 0 fully saturated rings. The number of aryl methyl sites for hydroxylation is 1. The van der Waals surface area contributed by atoms with Crippen LogP contribution < -0.4 is 10.5 Å². The molecule has 2 N–H and O–H groups in total. The molecule has 0 saturated heterocycles. The third-order valence-electron chi connectivity index (χ3n) is 2.40. The number of benzene rings is 1. The summed E-state index contributed by atoms with van der Waals surface area (Å²) in [5, 5.41) is 0. The molecule has 0 spiro atoms. The van der Waals surface area contributed by atoms with Gasteiger partial charge in [-0.25, -0.2) is 0 Å². The summed E-state index contributed by atoms with van der Waals surface area (Å²) in [7, 11) is 1.57. The molecule has 0 aliphatic carbocycles. The molecule has 84 valence electrons. The van der Waals surface area contributed by atoms with Crippen molar-refractivity contribution >= 4 is 0 Å². The summed E-state index contributed by atoms with van der Waals surface area (Å²) in [6.45, 7) is 2.28. The lowest BCUT2D eigenvalue weighted by molar-refractivity contribution is 0.398. The van der Waals surface area contributed by atoms with E-state index < -0.39 is 0 Å². The Bertz CT molecular complexity index is 492. The smallest absolute Gasteiger partial charge is 0.261 e.